The van der Waals surface area contributed by atoms with Crippen molar-refractivity contribution in [3.05, 3.63) is 96.1 Å². The van der Waals surface area contributed by atoms with Gasteiger partial charge in [0.2, 0.25) is 0 Å². The number of aliphatic imine (C=N–C) groups is 1. The molecule has 206 valence electrons. The summed E-state index contributed by atoms with van der Waals surface area (Å²) in [5.41, 5.74) is 8.09. The second-order valence-electron chi connectivity index (χ2n) is 10.7. The van der Waals surface area contributed by atoms with Gasteiger partial charge in [0.25, 0.3) is 0 Å². The molecule has 0 aliphatic carbocycles. The molecule has 1 aromatic carbocycles. The van der Waals surface area contributed by atoms with Crippen molar-refractivity contribution in [1.29, 1.82) is 0 Å². The van der Waals surface area contributed by atoms with E-state index in [0.717, 1.165) is 89.4 Å². The zero-order valence-electron chi connectivity index (χ0n) is 22.8. The Labute approximate surface area is 238 Å². The van der Waals surface area contributed by atoms with Crippen LogP contribution < -0.4 is 4.74 Å². The van der Waals surface area contributed by atoms with Crippen molar-refractivity contribution in [3.8, 4) is 28.1 Å². The van der Waals surface area contributed by atoms with E-state index in [9.17, 15) is 4.39 Å². The first-order chi connectivity index (χ1) is 20.2. The van der Waals surface area contributed by atoms with E-state index >= 15 is 0 Å². The normalized spacial score (nSPS) is 15.5. The molecule has 6 heterocycles. The number of nitrogens with one attached hydrogen (secondary N) is 1. The molecule has 8 heteroatoms. The zero-order chi connectivity index (χ0) is 27.6. The molecule has 2 aliphatic heterocycles. The lowest BCUT2D eigenvalue weighted by molar-refractivity contribution is 0.237. The van der Waals surface area contributed by atoms with Crippen molar-refractivity contribution in [2.24, 2.45) is 4.99 Å². The molecule has 0 saturated carbocycles. The average molecular weight is 547 g/mol. The number of aromatic amines is 1. The molecule has 2 aliphatic rings. The van der Waals surface area contributed by atoms with Gasteiger partial charge in [0, 0.05) is 54.3 Å². The van der Waals surface area contributed by atoms with Gasteiger partial charge in [0.1, 0.15) is 23.9 Å². The Balaban J connectivity index is 1.23. The molecule has 7 nitrogen and oxygen atoms in total. The summed E-state index contributed by atoms with van der Waals surface area (Å²) in [6.45, 7) is 4.33. The maximum atomic E-state index is 14.8. The van der Waals surface area contributed by atoms with Crippen LogP contribution in [0.15, 0.2) is 78.3 Å². The maximum absolute atomic E-state index is 14.8. The molecular formula is C33H31FN6O. The number of nitrogens with zero attached hydrogens (tertiary/aromatic N) is 5. The molecule has 1 N–H and O–H groups in total. The summed E-state index contributed by atoms with van der Waals surface area (Å²) in [4.78, 5) is 24.6. The third-order valence-corrected chi connectivity index (χ3v) is 7.91. The highest BCUT2D eigenvalue weighted by molar-refractivity contribution is 6.14. The topological polar surface area (TPSA) is 79.3 Å². The van der Waals surface area contributed by atoms with Crippen molar-refractivity contribution in [3.63, 3.8) is 0 Å². The summed E-state index contributed by atoms with van der Waals surface area (Å²) in [6.07, 6.45) is 11.5. The number of benzene rings is 1. The Hall–Kier alpha value is -4.43. The van der Waals surface area contributed by atoms with E-state index in [2.05, 4.69) is 38.1 Å². The van der Waals surface area contributed by atoms with Gasteiger partial charge in [0.15, 0.2) is 0 Å². The Morgan fingerprint density at radius 2 is 1.78 bits per heavy atom. The highest BCUT2D eigenvalue weighted by atomic mass is 19.1. The molecule has 5 aromatic rings. The van der Waals surface area contributed by atoms with Crippen molar-refractivity contribution < 1.29 is 9.13 Å². The lowest BCUT2D eigenvalue weighted by Crippen LogP contribution is -2.25. The molecule has 0 unspecified atom stereocenters. The van der Waals surface area contributed by atoms with Crippen LogP contribution in [-0.4, -0.2) is 63.3 Å². The number of hydrogen-bond acceptors (Lipinski definition) is 6. The van der Waals surface area contributed by atoms with E-state index < -0.39 is 0 Å². The second-order valence-corrected chi connectivity index (χ2v) is 10.7. The quantitative estimate of drug-likeness (QED) is 0.268. The third kappa shape index (κ3) is 5.35. The van der Waals surface area contributed by atoms with E-state index in [0.29, 0.717) is 12.4 Å². The number of H-pyrrole nitrogens is 1. The Bertz CT molecular complexity index is 1730. The number of pyridine rings is 3. The molecule has 1 fully saturated rings. The van der Waals surface area contributed by atoms with E-state index in [1.54, 1.807) is 24.8 Å². The van der Waals surface area contributed by atoms with Crippen molar-refractivity contribution in [2.45, 2.75) is 25.7 Å². The van der Waals surface area contributed by atoms with Gasteiger partial charge >= 0.3 is 0 Å². The number of fused-ring (bicyclic) bond motifs is 2. The number of aryl methyl sites for hydroxylation is 1. The maximum Gasteiger partial charge on any atom is 0.127 e. The van der Waals surface area contributed by atoms with E-state index in [1.165, 1.54) is 30.5 Å². The van der Waals surface area contributed by atoms with Crippen molar-refractivity contribution >= 4 is 16.6 Å². The highest BCUT2D eigenvalue weighted by Crippen LogP contribution is 2.33. The van der Waals surface area contributed by atoms with Crippen LogP contribution in [-0.2, 0) is 6.42 Å². The number of likely N-dealkylation sites (tertiary alicyclic amines) is 1. The summed E-state index contributed by atoms with van der Waals surface area (Å²) in [5.74, 6) is 0.197. The summed E-state index contributed by atoms with van der Waals surface area (Å²) < 4.78 is 20.8. The first kappa shape index (κ1) is 25.5. The van der Waals surface area contributed by atoms with Crippen LogP contribution >= 0.6 is 0 Å². The smallest absolute Gasteiger partial charge is 0.127 e. The highest BCUT2D eigenvalue weighted by Gasteiger charge is 2.21. The van der Waals surface area contributed by atoms with E-state index in [4.69, 9.17) is 14.7 Å². The monoisotopic (exact) mass is 546 g/mol. The average Bonchev–Trinajstić information content (AvgIpc) is 3.63. The zero-order valence-corrected chi connectivity index (χ0v) is 22.8. The fraction of sp³-hybridized carbons (Fsp3) is 0.273. The Kier molecular flexibility index (Phi) is 6.98. The summed E-state index contributed by atoms with van der Waals surface area (Å²) in [5, 5.41) is 0.947. The molecule has 4 aromatic heterocycles. The first-order valence-corrected chi connectivity index (χ1v) is 14.3. The Morgan fingerprint density at radius 3 is 2.66 bits per heavy atom. The molecule has 1 saturated heterocycles. The first-order valence-electron chi connectivity index (χ1n) is 14.3. The molecule has 0 radical (unpaired) electrons. The van der Waals surface area contributed by atoms with Crippen LogP contribution in [0.25, 0.3) is 33.3 Å². The lowest BCUT2D eigenvalue weighted by Gasteiger charge is -2.15. The second kappa shape index (κ2) is 11.2. The molecule has 0 bridgehead atoms. The SMILES string of the molecule is Fc1cc(OCCN2CCCC2)cc(-c2cncc3[nH]c(C4=NCCCc5ccc(-c6ccncc6)nc54)cc23)c1. The van der Waals surface area contributed by atoms with E-state index in [1.807, 2.05) is 18.2 Å². The van der Waals surface area contributed by atoms with Gasteiger partial charge in [-0.05, 0) is 86.3 Å². The summed E-state index contributed by atoms with van der Waals surface area (Å²) >= 11 is 0. The van der Waals surface area contributed by atoms with Gasteiger partial charge in [0.05, 0.1) is 28.8 Å². The van der Waals surface area contributed by atoms with Crippen molar-refractivity contribution in [1.82, 2.24) is 24.8 Å². The molecule has 0 amide bonds. The molecule has 0 spiro atoms. The minimum atomic E-state index is -0.332. The minimum Gasteiger partial charge on any atom is -0.492 e. The molecular weight excluding hydrogens is 515 g/mol. The standard InChI is InChI=1S/C33H31FN6O/c34-25-16-24(17-26(18-25)41-15-14-40-12-1-2-13-40)28-20-36-21-31-27(28)19-30(38-31)33-32-23(4-3-9-37-33)5-6-29(39-32)22-7-10-35-11-8-22/h5-8,10-11,16-21,38H,1-4,9,12-15H2. The molecule has 7 rings (SSSR count). The van der Waals surface area contributed by atoms with Gasteiger partial charge in [-0.2, -0.15) is 0 Å². The van der Waals surface area contributed by atoms with Gasteiger partial charge in [-0.25, -0.2) is 9.37 Å². The lowest BCUT2D eigenvalue weighted by atomic mass is 10.0. The largest absolute Gasteiger partial charge is 0.492 e. The van der Waals surface area contributed by atoms with E-state index in [-0.39, 0.29) is 5.82 Å². The van der Waals surface area contributed by atoms with Gasteiger partial charge in [-0.15, -0.1) is 0 Å². The summed E-state index contributed by atoms with van der Waals surface area (Å²) in [6, 6.07) is 15.1. The molecule has 0 atom stereocenters. The fourth-order valence-electron chi connectivity index (χ4n) is 5.84. The Morgan fingerprint density at radius 1 is 0.902 bits per heavy atom. The van der Waals surface area contributed by atoms with Crippen molar-refractivity contribution in [2.75, 3.05) is 32.8 Å². The number of aromatic nitrogens is 4. The van der Waals surface area contributed by atoms with Crippen LogP contribution in [0, 0.1) is 5.82 Å². The van der Waals surface area contributed by atoms with Crippen LogP contribution in [0.1, 0.15) is 36.2 Å². The number of hydrogen-bond donors (Lipinski definition) is 1. The number of rotatable bonds is 7. The minimum absolute atomic E-state index is 0.332. The van der Waals surface area contributed by atoms with Gasteiger partial charge < -0.3 is 9.72 Å². The van der Waals surface area contributed by atoms with Crippen LogP contribution in [0.2, 0.25) is 0 Å². The third-order valence-electron chi connectivity index (χ3n) is 7.91. The number of halogens is 1. The van der Waals surface area contributed by atoms with Gasteiger partial charge in [-0.3, -0.25) is 19.9 Å². The fourth-order valence-corrected chi connectivity index (χ4v) is 5.84. The van der Waals surface area contributed by atoms with Crippen LogP contribution in [0.4, 0.5) is 4.39 Å². The number of ether oxygens (including phenoxy) is 1. The predicted molar refractivity (Wildman–Crippen MR) is 159 cm³/mol. The van der Waals surface area contributed by atoms with Crippen LogP contribution in [0.3, 0.4) is 0 Å². The van der Waals surface area contributed by atoms with Gasteiger partial charge in [-0.1, -0.05) is 6.07 Å². The predicted octanol–water partition coefficient (Wildman–Crippen LogP) is 6.08. The summed E-state index contributed by atoms with van der Waals surface area (Å²) in [7, 11) is 0. The molecule has 41 heavy (non-hydrogen) atoms. The van der Waals surface area contributed by atoms with Crippen LogP contribution in [0.5, 0.6) is 5.75 Å².